The second-order valence-corrected chi connectivity index (χ2v) is 5.38. The summed E-state index contributed by atoms with van der Waals surface area (Å²) in [6, 6.07) is 5.42. The Morgan fingerprint density at radius 1 is 1.30 bits per heavy atom. The number of benzene rings is 1. The van der Waals surface area contributed by atoms with Gasteiger partial charge in [0.15, 0.2) is 5.96 Å². The van der Waals surface area contributed by atoms with E-state index in [1.54, 1.807) is 19.2 Å². The molecule has 23 heavy (non-hydrogen) atoms. The van der Waals surface area contributed by atoms with Crippen LogP contribution in [0.1, 0.15) is 26.7 Å². The summed E-state index contributed by atoms with van der Waals surface area (Å²) in [6.45, 7) is 8.41. The molecule has 0 spiro atoms. The highest BCUT2D eigenvalue weighted by molar-refractivity contribution is 14.0. The molecule has 0 aromatic heterocycles. The number of ether oxygens (including phenoxy) is 1. The molecular weight excluding hydrogens is 427 g/mol. The van der Waals surface area contributed by atoms with E-state index < -0.39 is 0 Å². The Balaban J connectivity index is 0.00000484. The minimum absolute atomic E-state index is 0. The van der Waals surface area contributed by atoms with Crippen molar-refractivity contribution in [3.05, 3.63) is 23.2 Å². The number of nitrogens with two attached hydrogens (primary N) is 1. The van der Waals surface area contributed by atoms with Crippen LogP contribution < -0.4 is 15.8 Å². The molecule has 5 nitrogen and oxygen atoms in total. The van der Waals surface area contributed by atoms with Gasteiger partial charge in [-0.1, -0.05) is 25.4 Å². The van der Waals surface area contributed by atoms with Crippen LogP contribution in [0.4, 0.5) is 5.69 Å². The van der Waals surface area contributed by atoms with Gasteiger partial charge in [0.05, 0.1) is 12.1 Å². The second-order valence-electron chi connectivity index (χ2n) is 4.98. The highest BCUT2D eigenvalue weighted by Gasteiger charge is 2.02. The molecule has 0 amide bonds. The molecule has 1 aromatic carbocycles. The van der Waals surface area contributed by atoms with Gasteiger partial charge < -0.3 is 20.7 Å². The number of aliphatic imine (C=N–C) groups is 1. The lowest BCUT2D eigenvalue weighted by Gasteiger charge is -2.17. The predicted molar refractivity (Wildman–Crippen MR) is 111 cm³/mol. The van der Waals surface area contributed by atoms with Crippen molar-refractivity contribution < 1.29 is 4.74 Å². The van der Waals surface area contributed by atoms with Crippen molar-refractivity contribution in [2.24, 2.45) is 10.7 Å². The van der Waals surface area contributed by atoms with E-state index in [9.17, 15) is 0 Å². The lowest BCUT2D eigenvalue weighted by Crippen LogP contribution is -2.24. The number of nitrogens with one attached hydrogen (secondary N) is 1. The minimum Gasteiger partial charge on any atom is -0.495 e. The monoisotopic (exact) mass is 454 g/mol. The van der Waals surface area contributed by atoms with Crippen molar-refractivity contribution in [3.63, 3.8) is 0 Å². The van der Waals surface area contributed by atoms with E-state index in [0.717, 1.165) is 44.7 Å². The number of methoxy groups -OCH3 is 1. The average molecular weight is 455 g/mol. The molecule has 0 fully saturated rings. The van der Waals surface area contributed by atoms with Gasteiger partial charge in [0, 0.05) is 12.2 Å². The zero-order valence-electron chi connectivity index (χ0n) is 14.1. The number of guanidine groups is 1. The topological polar surface area (TPSA) is 62.9 Å². The molecule has 0 bridgehead atoms. The fraction of sp³-hybridized carbons (Fsp3) is 0.562. The van der Waals surface area contributed by atoms with Gasteiger partial charge in [-0.2, -0.15) is 0 Å². The van der Waals surface area contributed by atoms with Crippen molar-refractivity contribution in [2.75, 3.05) is 38.6 Å². The summed E-state index contributed by atoms with van der Waals surface area (Å²) >= 11 is 6.07. The fourth-order valence-electron chi connectivity index (χ4n) is 2.12. The van der Waals surface area contributed by atoms with Crippen molar-refractivity contribution in [1.29, 1.82) is 0 Å². The molecule has 0 atom stereocenters. The molecule has 132 valence electrons. The number of nitrogens with zero attached hydrogens (tertiary/aromatic N) is 2. The molecule has 0 aliphatic heterocycles. The Hall–Kier alpha value is -0.730. The molecule has 1 rings (SSSR count). The van der Waals surface area contributed by atoms with Gasteiger partial charge in [0.2, 0.25) is 0 Å². The predicted octanol–water partition coefficient (Wildman–Crippen LogP) is 3.82. The standard InChI is InChI=1S/C16H27ClN4O.HI/c1-4-21(5-2)11-7-6-10-19-16(18)20-13-8-9-15(22-3)14(17)12-13;/h8-9,12H,4-7,10-11H2,1-3H3,(H3,18,19,20);1H. The minimum atomic E-state index is 0. The number of hydrogen-bond donors (Lipinski definition) is 2. The highest BCUT2D eigenvalue weighted by atomic mass is 127. The molecule has 3 N–H and O–H groups in total. The number of hydrogen-bond acceptors (Lipinski definition) is 3. The van der Waals surface area contributed by atoms with E-state index in [-0.39, 0.29) is 24.0 Å². The third-order valence-electron chi connectivity index (χ3n) is 3.48. The van der Waals surface area contributed by atoms with Crippen molar-refractivity contribution in [3.8, 4) is 5.75 Å². The van der Waals surface area contributed by atoms with E-state index in [1.165, 1.54) is 0 Å². The van der Waals surface area contributed by atoms with Crippen LogP contribution in [0.15, 0.2) is 23.2 Å². The van der Waals surface area contributed by atoms with Crippen LogP contribution in [0.2, 0.25) is 5.02 Å². The maximum atomic E-state index is 6.07. The summed E-state index contributed by atoms with van der Waals surface area (Å²) in [5, 5.41) is 3.57. The van der Waals surface area contributed by atoms with Gasteiger partial charge in [-0.05, 0) is 50.7 Å². The van der Waals surface area contributed by atoms with E-state index in [1.807, 2.05) is 6.07 Å². The highest BCUT2D eigenvalue weighted by Crippen LogP contribution is 2.26. The third kappa shape index (κ3) is 8.62. The van der Waals surface area contributed by atoms with Crippen LogP contribution >= 0.6 is 35.6 Å². The molecule has 0 aliphatic rings. The molecule has 0 unspecified atom stereocenters. The summed E-state index contributed by atoms with van der Waals surface area (Å²) < 4.78 is 5.11. The lowest BCUT2D eigenvalue weighted by molar-refractivity contribution is 0.298. The number of rotatable bonds is 9. The van der Waals surface area contributed by atoms with Crippen molar-refractivity contribution >= 4 is 47.2 Å². The largest absolute Gasteiger partial charge is 0.495 e. The van der Waals surface area contributed by atoms with E-state index >= 15 is 0 Å². The van der Waals surface area contributed by atoms with E-state index in [2.05, 4.69) is 29.1 Å². The van der Waals surface area contributed by atoms with Crippen molar-refractivity contribution in [1.82, 2.24) is 4.90 Å². The third-order valence-corrected chi connectivity index (χ3v) is 3.78. The van der Waals surface area contributed by atoms with Gasteiger partial charge in [-0.3, -0.25) is 4.99 Å². The quantitative estimate of drug-likeness (QED) is 0.258. The Bertz CT molecular complexity index is 481. The van der Waals surface area contributed by atoms with Crippen LogP contribution in [0.25, 0.3) is 0 Å². The molecule has 0 saturated heterocycles. The molecule has 7 heteroatoms. The summed E-state index contributed by atoms with van der Waals surface area (Å²) in [7, 11) is 1.59. The zero-order valence-corrected chi connectivity index (χ0v) is 17.2. The molecule has 0 radical (unpaired) electrons. The molecule has 0 aliphatic carbocycles. The second kappa shape index (κ2) is 12.7. The van der Waals surface area contributed by atoms with Crippen LogP contribution in [0.3, 0.4) is 0 Å². The summed E-state index contributed by atoms with van der Waals surface area (Å²) in [5.74, 6) is 1.04. The molecule has 1 aromatic rings. The van der Waals surface area contributed by atoms with Crippen LogP contribution in [0.5, 0.6) is 5.75 Å². The summed E-state index contributed by atoms with van der Waals surface area (Å²) in [5.41, 5.74) is 6.68. The maximum absolute atomic E-state index is 6.07. The number of unbranched alkanes of at least 4 members (excludes halogenated alkanes) is 1. The normalized spacial score (nSPS) is 11.3. The Morgan fingerprint density at radius 2 is 2.00 bits per heavy atom. The van der Waals surface area contributed by atoms with Gasteiger partial charge in [0.1, 0.15) is 5.75 Å². The van der Waals surface area contributed by atoms with Gasteiger partial charge in [-0.15, -0.1) is 24.0 Å². The Kier molecular flexibility index (Phi) is 12.3. The van der Waals surface area contributed by atoms with Gasteiger partial charge in [-0.25, -0.2) is 0 Å². The van der Waals surface area contributed by atoms with Crippen LogP contribution in [-0.2, 0) is 0 Å². The Morgan fingerprint density at radius 3 is 2.57 bits per heavy atom. The van der Waals surface area contributed by atoms with Gasteiger partial charge >= 0.3 is 0 Å². The Labute approximate surface area is 161 Å². The molecular formula is C16H28ClIN4O. The SMILES string of the molecule is CCN(CC)CCCCN=C(N)Nc1ccc(OC)c(Cl)c1.I. The first-order valence-electron chi connectivity index (χ1n) is 7.73. The first-order valence-corrected chi connectivity index (χ1v) is 8.11. The van der Waals surface area contributed by atoms with Crippen molar-refractivity contribution in [2.45, 2.75) is 26.7 Å². The number of halogens is 2. The van der Waals surface area contributed by atoms with Crippen LogP contribution in [-0.4, -0.2) is 44.1 Å². The average Bonchev–Trinajstić information content (AvgIpc) is 2.51. The fourth-order valence-corrected chi connectivity index (χ4v) is 2.38. The first-order chi connectivity index (χ1) is 10.6. The van der Waals surface area contributed by atoms with E-state index in [4.69, 9.17) is 22.1 Å². The lowest BCUT2D eigenvalue weighted by atomic mass is 10.3. The number of anilines is 1. The van der Waals surface area contributed by atoms with Crippen LogP contribution in [0, 0.1) is 0 Å². The molecule has 0 heterocycles. The van der Waals surface area contributed by atoms with Gasteiger partial charge in [0.25, 0.3) is 0 Å². The maximum Gasteiger partial charge on any atom is 0.193 e. The smallest absolute Gasteiger partial charge is 0.193 e. The summed E-state index contributed by atoms with van der Waals surface area (Å²) in [6.07, 6.45) is 2.16. The summed E-state index contributed by atoms with van der Waals surface area (Å²) in [4.78, 5) is 6.74. The molecule has 0 saturated carbocycles. The van der Waals surface area contributed by atoms with E-state index in [0.29, 0.717) is 16.7 Å². The zero-order chi connectivity index (χ0) is 16.4. The first kappa shape index (κ1) is 22.3.